The van der Waals surface area contributed by atoms with Gasteiger partial charge in [-0.1, -0.05) is 5.69 Å². The summed E-state index contributed by atoms with van der Waals surface area (Å²) < 4.78 is 7.59. The first-order chi connectivity index (χ1) is 11.6. The Hall–Kier alpha value is -1.22. The average molecular weight is 509 g/mol. The van der Waals surface area contributed by atoms with Crippen molar-refractivity contribution in [2.24, 2.45) is 0 Å². The van der Waals surface area contributed by atoms with E-state index in [1.54, 1.807) is 7.11 Å². The van der Waals surface area contributed by atoms with E-state index < -0.39 is 0 Å². The summed E-state index contributed by atoms with van der Waals surface area (Å²) in [6.07, 6.45) is 2.42. The molecule has 0 N–H and O–H groups in total. The van der Waals surface area contributed by atoms with E-state index in [-0.39, 0.29) is 33.0 Å². The van der Waals surface area contributed by atoms with E-state index >= 15 is 0 Å². The molecule has 0 amide bonds. The van der Waals surface area contributed by atoms with E-state index in [1.165, 1.54) is 0 Å². The number of hydrogen-bond donors (Lipinski definition) is 0. The quantitative estimate of drug-likeness (QED) is 0.459. The van der Waals surface area contributed by atoms with E-state index in [0.29, 0.717) is 6.54 Å². The molecule has 2 heterocycles. The van der Waals surface area contributed by atoms with Crippen LogP contribution in [-0.4, -0.2) is 48.1 Å². The monoisotopic (exact) mass is 509 g/mol. The number of nitrogens with zero attached hydrogens (tertiary/aromatic N) is 2. The fourth-order valence-electron chi connectivity index (χ4n) is 3.61. The molecule has 134 valence electrons. The molecule has 25 heavy (non-hydrogen) atoms. The minimum atomic E-state index is 0. The van der Waals surface area contributed by atoms with Crippen LogP contribution in [0.15, 0.2) is 30.3 Å². The number of benzene rings is 1. The van der Waals surface area contributed by atoms with Gasteiger partial charge >= 0.3 is 0 Å². The zero-order chi connectivity index (χ0) is 17.1. The summed E-state index contributed by atoms with van der Waals surface area (Å²) in [7, 11) is 1.75. The van der Waals surface area contributed by atoms with Gasteiger partial charge in [0.2, 0.25) is 0 Å². The number of ether oxygens (including phenoxy) is 1. The van der Waals surface area contributed by atoms with Crippen LogP contribution in [0.2, 0.25) is 0 Å². The van der Waals surface area contributed by atoms with Gasteiger partial charge in [-0.2, -0.15) is 18.2 Å². The number of ketones is 1. The van der Waals surface area contributed by atoms with Crippen LogP contribution in [-0.2, 0) is 25.8 Å². The molecule has 3 rings (SSSR count). The number of hydrogen-bond acceptors (Lipinski definition) is 3. The number of aromatic nitrogens is 1. The van der Waals surface area contributed by atoms with Gasteiger partial charge in [0.05, 0.1) is 12.6 Å². The number of carbonyl (C=O) groups is 1. The van der Waals surface area contributed by atoms with Crippen molar-refractivity contribution < 1.29 is 30.6 Å². The molecule has 0 aliphatic carbocycles. The standard InChI is InChI=1S/C20H25N2O2.W/c1-15-12-19(16(2)22(15)17-8-5-4-6-9-17)20(23)14-21-11-7-10-18(13-21)24-3;/h5-6,8-9,12,18H,7,10-11,13-14H2,1-3H3;/q-1;. The van der Waals surface area contributed by atoms with Crippen molar-refractivity contribution in [2.75, 3.05) is 26.7 Å². The zero-order valence-electron chi connectivity index (χ0n) is 15.1. The van der Waals surface area contributed by atoms with E-state index in [9.17, 15) is 4.79 Å². The van der Waals surface area contributed by atoms with Crippen LogP contribution in [0.4, 0.5) is 0 Å². The number of piperidine rings is 1. The first-order valence-corrected chi connectivity index (χ1v) is 8.54. The molecular formula is C20H25N2O2W-. The van der Waals surface area contributed by atoms with Gasteiger partial charge in [0.1, 0.15) is 0 Å². The maximum atomic E-state index is 12.8. The summed E-state index contributed by atoms with van der Waals surface area (Å²) in [5.74, 6) is 0.189. The van der Waals surface area contributed by atoms with Crippen LogP contribution in [0.3, 0.4) is 0 Å². The van der Waals surface area contributed by atoms with Gasteiger partial charge < -0.3 is 9.30 Å². The third-order valence-corrected chi connectivity index (χ3v) is 4.85. The van der Waals surface area contributed by atoms with Gasteiger partial charge in [0.15, 0.2) is 5.78 Å². The van der Waals surface area contributed by atoms with Gasteiger partial charge in [-0.05, 0) is 39.3 Å². The third-order valence-electron chi connectivity index (χ3n) is 4.85. The Morgan fingerprint density at radius 2 is 2.04 bits per heavy atom. The van der Waals surface area contributed by atoms with E-state index in [2.05, 4.69) is 15.5 Å². The minimum Gasteiger partial charge on any atom is -0.380 e. The molecule has 1 saturated heterocycles. The molecule has 5 heteroatoms. The number of Topliss-reactive ketones (excluding diaryl/α,β-unsaturated/α-hetero) is 1. The second-order valence-electron chi connectivity index (χ2n) is 6.54. The fraction of sp³-hybridized carbons (Fsp3) is 0.450. The van der Waals surface area contributed by atoms with Crippen molar-refractivity contribution in [2.45, 2.75) is 32.8 Å². The zero-order valence-corrected chi connectivity index (χ0v) is 18.1. The van der Waals surface area contributed by atoms with Crippen LogP contribution >= 0.6 is 0 Å². The Labute approximate surface area is 164 Å². The summed E-state index contributed by atoms with van der Waals surface area (Å²) in [4.78, 5) is 15.0. The average Bonchev–Trinajstić information content (AvgIpc) is 2.90. The van der Waals surface area contributed by atoms with Crippen molar-refractivity contribution in [1.29, 1.82) is 0 Å². The molecule has 1 aromatic carbocycles. The number of carbonyl (C=O) groups excluding carboxylic acids is 1. The molecule has 1 fully saturated rings. The maximum absolute atomic E-state index is 12.8. The Morgan fingerprint density at radius 1 is 1.32 bits per heavy atom. The molecule has 1 aliphatic rings. The first-order valence-electron chi connectivity index (χ1n) is 8.54. The second-order valence-corrected chi connectivity index (χ2v) is 6.54. The second kappa shape index (κ2) is 8.93. The van der Waals surface area contributed by atoms with Crippen molar-refractivity contribution in [3.8, 4) is 5.69 Å². The molecule has 0 radical (unpaired) electrons. The van der Waals surface area contributed by atoms with E-state index in [0.717, 1.165) is 48.6 Å². The topological polar surface area (TPSA) is 34.5 Å². The molecule has 1 aliphatic heterocycles. The first kappa shape index (κ1) is 20.1. The number of rotatable bonds is 5. The SMILES string of the molecule is COC1CCCN(CC(=O)c2cc(C)n(-c3cc[c-]cc3)c2C)C1.[W]. The van der Waals surface area contributed by atoms with Gasteiger partial charge in [0, 0.05) is 51.7 Å². The van der Waals surface area contributed by atoms with Crippen LogP contribution in [0.1, 0.15) is 34.6 Å². The largest absolute Gasteiger partial charge is 0.380 e. The molecule has 0 saturated carbocycles. The van der Waals surface area contributed by atoms with Crippen molar-refractivity contribution in [3.05, 3.63) is 53.3 Å². The summed E-state index contributed by atoms with van der Waals surface area (Å²) >= 11 is 0. The Morgan fingerprint density at radius 3 is 2.72 bits per heavy atom. The van der Waals surface area contributed by atoms with Gasteiger partial charge in [-0.3, -0.25) is 9.69 Å². The molecule has 0 spiro atoms. The molecule has 0 bridgehead atoms. The molecule has 1 unspecified atom stereocenters. The van der Waals surface area contributed by atoms with Crippen molar-refractivity contribution in [3.63, 3.8) is 0 Å². The third kappa shape index (κ3) is 4.49. The molecule has 1 atom stereocenters. The van der Waals surface area contributed by atoms with Gasteiger partial charge in [-0.25, -0.2) is 0 Å². The van der Waals surface area contributed by atoms with E-state index in [1.807, 2.05) is 44.2 Å². The predicted molar refractivity (Wildman–Crippen MR) is 94.9 cm³/mol. The van der Waals surface area contributed by atoms with Crippen LogP contribution in [0, 0.1) is 19.9 Å². The Balaban J connectivity index is 0.00000225. The van der Waals surface area contributed by atoms with Crippen molar-refractivity contribution >= 4 is 5.78 Å². The molecule has 1 aromatic heterocycles. The smallest absolute Gasteiger partial charge is 0.178 e. The normalized spacial score (nSPS) is 18.0. The summed E-state index contributed by atoms with van der Waals surface area (Å²) in [5, 5.41) is 0. The Kier molecular flexibility index (Phi) is 7.18. The van der Waals surface area contributed by atoms with Crippen LogP contribution in [0.25, 0.3) is 5.69 Å². The van der Waals surface area contributed by atoms with Crippen LogP contribution in [0.5, 0.6) is 0 Å². The summed E-state index contributed by atoms with van der Waals surface area (Å²) in [6, 6.07) is 12.9. The number of likely N-dealkylation sites (tertiary alicyclic amines) is 1. The Bertz CT molecular complexity index is 712. The van der Waals surface area contributed by atoms with Gasteiger partial charge in [0.25, 0.3) is 0 Å². The number of aryl methyl sites for hydroxylation is 1. The summed E-state index contributed by atoms with van der Waals surface area (Å²) in [6.45, 7) is 6.34. The van der Waals surface area contributed by atoms with Crippen LogP contribution < -0.4 is 0 Å². The van der Waals surface area contributed by atoms with Gasteiger partial charge in [-0.15, -0.1) is 12.1 Å². The minimum absolute atomic E-state index is 0. The molecule has 2 aromatic rings. The maximum Gasteiger partial charge on any atom is 0.178 e. The predicted octanol–water partition coefficient (Wildman–Crippen LogP) is 3.19. The molecular weight excluding hydrogens is 484 g/mol. The van der Waals surface area contributed by atoms with E-state index in [4.69, 9.17) is 4.74 Å². The number of methoxy groups -OCH3 is 1. The molecule has 4 nitrogen and oxygen atoms in total. The van der Waals surface area contributed by atoms with Crippen molar-refractivity contribution in [1.82, 2.24) is 9.47 Å². The fourth-order valence-corrected chi connectivity index (χ4v) is 3.61. The summed E-state index contributed by atoms with van der Waals surface area (Å²) in [5.41, 5.74) is 3.97.